The number of carbonyl (C=O) groups is 1. The fraction of sp³-hybridized carbons (Fsp3) is 0.118. The van der Waals surface area contributed by atoms with Gasteiger partial charge < -0.3 is 10.1 Å². The molecule has 1 N–H and O–H groups in total. The highest BCUT2D eigenvalue weighted by molar-refractivity contribution is 5.91. The topological polar surface area (TPSA) is 38.3 Å². The highest BCUT2D eigenvalue weighted by Gasteiger charge is 2.06. The third-order valence-corrected chi connectivity index (χ3v) is 3.02. The van der Waals surface area contributed by atoms with Crippen LogP contribution in [0.2, 0.25) is 0 Å². The molecular formula is C17H13F4NO2. The van der Waals surface area contributed by atoms with Crippen molar-refractivity contribution in [3.8, 4) is 5.75 Å². The zero-order valence-electron chi connectivity index (χ0n) is 12.3. The van der Waals surface area contributed by atoms with Gasteiger partial charge in [-0.15, -0.1) is 0 Å². The van der Waals surface area contributed by atoms with Crippen molar-refractivity contribution in [1.29, 1.82) is 0 Å². The molecular weight excluding hydrogens is 326 g/mol. The Morgan fingerprint density at radius 2 is 1.71 bits per heavy atom. The second kappa shape index (κ2) is 8.14. The van der Waals surface area contributed by atoms with Gasteiger partial charge in [-0.1, -0.05) is 18.2 Å². The van der Waals surface area contributed by atoms with Crippen LogP contribution in [0.3, 0.4) is 0 Å². The van der Waals surface area contributed by atoms with E-state index in [-0.39, 0.29) is 17.9 Å². The minimum atomic E-state index is -2.90. The van der Waals surface area contributed by atoms with E-state index in [0.717, 1.165) is 24.3 Å². The molecule has 0 aliphatic rings. The Morgan fingerprint density at radius 1 is 1.08 bits per heavy atom. The molecule has 0 aromatic heterocycles. The monoisotopic (exact) mass is 339 g/mol. The Hall–Kier alpha value is -2.83. The number of amides is 1. The molecule has 1 amide bonds. The second-order valence-corrected chi connectivity index (χ2v) is 4.71. The van der Waals surface area contributed by atoms with Crippen LogP contribution in [0.15, 0.2) is 48.5 Å². The predicted octanol–water partition coefficient (Wildman–Crippen LogP) is 3.90. The van der Waals surface area contributed by atoms with E-state index in [1.165, 1.54) is 30.3 Å². The standard InChI is InChI=1S/C17H13F4NO2/c18-14-2-1-3-15(19)13(14)8-9-16(23)22-10-11-4-6-12(7-5-11)24-17(20)21/h1-9,17H,10H2,(H,22,23)/b9-8+. The SMILES string of the molecule is O=C(/C=C/c1c(F)cccc1F)NCc1ccc(OC(F)F)cc1. The smallest absolute Gasteiger partial charge is 0.387 e. The summed E-state index contributed by atoms with van der Waals surface area (Å²) in [6.45, 7) is -2.78. The zero-order chi connectivity index (χ0) is 17.5. The lowest BCUT2D eigenvalue weighted by atomic mass is 10.2. The number of nitrogens with one attached hydrogen (secondary N) is 1. The van der Waals surface area contributed by atoms with Crippen molar-refractivity contribution in [2.24, 2.45) is 0 Å². The zero-order valence-corrected chi connectivity index (χ0v) is 12.3. The van der Waals surface area contributed by atoms with E-state index in [1.54, 1.807) is 0 Å². The normalized spacial score (nSPS) is 11.0. The average molecular weight is 339 g/mol. The summed E-state index contributed by atoms with van der Waals surface area (Å²) in [4.78, 5) is 11.7. The lowest BCUT2D eigenvalue weighted by Gasteiger charge is -2.06. The largest absolute Gasteiger partial charge is 0.435 e. The molecule has 0 fully saturated rings. The molecule has 2 aromatic carbocycles. The van der Waals surface area contributed by atoms with Crippen LogP contribution in [0.5, 0.6) is 5.75 Å². The Bertz CT molecular complexity index is 710. The number of carbonyl (C=O) groups excluding carboxylic acids is 1. The molecule has 2 rings (SSSR count). The van der Waals surface area contributed by atoms with E-state index >= 15 is 0 Å². The summed E-state index contributed by atoms with van der Waals surface area (Å²) in [6, 6.07) is 9.11. The number of rotatable bonds is 6. The Morgan fingerprint density at radius 3 is 2.29 bits per heavy atom. The summed E-state index contributed by atoms with van der Waals surface area (Å²) < 4.78 is 55.0. The maximum Gasteiger partial charge on any atom is 0.387 e. The Kier molecular flexibility index (Phi) is 5.95. The van der Waals surface area contributed by atoms with E-state index in [4.69, 9.17) is 0 Å². The summed E-state index contributed by atoms with van der Waals surface area (Å²) in [5, 5.41) is 2.51. The van der Waals surface area contributed by atoms with Gasteiger partial charge in [0.2, 0.25) is 5.91 Å². The van der Waals surface area contributed by atoms with Gasteiger partial charge in [0.25, 0.3) is 0 Å². The highest BCUT2D eigenvalue weighted by atomic mass is 19.3. The first-order valence-electron chi connectivity index (χ1n) is 6.89. The summed E-state index contributed by atoms with van der Waals surface area (Å²) in [6.07, 6.45) is 2.05. The lowest BCUT2D eigenvalue weighted by molar-refractivity contribution is -0.116. The van der Waals surface area contributed by atoms with Crippen LogP contribution in [0.25, 0.3) is 6.08 Å². The molecule has 0 radical (unpaired) electrons. The number of alkyl halides is 2. The van der Waals surface area contributed by atoms with E-state index in [0.29, 0.717) is 5.56 Å². The van der Waals surface area contributed by atoms with Gasteiger partial charge in [0.1, 0.15) is 17.4 Å². The van der Waals surface area contributed by atoms with Crippen LogP contribution >= 0.6 is 0 Å². The molecule has 0 atom stereocenters. The third kappa shape index (κ3) is 5.12. The third-order valence-electron chi connectivity index (χ3n) is 3.02. The van der Waals surface area contributed by atoms with Crippen LogP contribution in [-0.2, 0) is 11.3 Å². The maximum atomic E-state index is 13.4. The fourth-order valence-corrected chi connectivity index (χ4v) is 1.87. The van der Waals surface area contributed by atoms with Crippen molar-refractivity contribution in [2.45, 2.75) is 13.2 Å². The molecule has 7 heteroatoms. The van der Waals surface area contributed by atoms with Gasteiger partial charge in [-0.05, 0) is 35.9 Å². The van der Waals surface area contributed by atoms with Crippen LogP contribution in [0.4, 0.5) is 17.6 Å². The van der Waals surface area contributed by atoms with Crippen LogP contribution in [0, 0.1) is 11.6 Å². The average Bonchev–Trinajstić information content (AvgIpc) is 2.53. The maximum absolute atomic E-state index is 13.4. The summed E-state index contributed by atoms with van der Waals surface area (Å²) >= 11 is 0. The van der Waals surface area contributed by atoms with Gasteiger partial charge in [0.15, 0.2) is 0 Å². The molecule has 126 valence electrons. The molecule has 0 saturated heterocycles. The second-order valence-electron chi connectivity index (χ2n) is 4.71. The van der Waals surface area contributed by atoms with E-state index in [9.17, 15) is 22.4 Å². The molecule has 0 saturated carbocycles. The highest BCUT2D eigenvalue weighted by Crippen LogP contribution is 2.15. The van der Waals surface area contributed by atoms with Crippen LogP contribution in [0.1, 0.15) is 11.1 Å². The fourth-order valence-electron chi connectivity index (χ4n) is 1.87. The quantitative estimate of drug-likeness (QED) is 0.640. The molecule has 0 heterocycles. The summed E-state index contributed by atoms with van der Waals surface area (Å²) in [5.74, 6) is -2.08. The van der Waals surface area contributed by atoms with Crippen LogP contribution in [-0.4, -0.2) is 12.5 Å². The Balaban J connectivity index is 1.90. The Labute approximate surface area is 135 Å². The summed E-state index contributed by atoms with van der Waals surface area (Å²) in [7, 11) is 0. The molecule has 0 bridgehead atoms. The van der Waals surface area contributed by atoms with E-state index < -0.39 is 24.2 Å². The molecule has 24 heavy (non-hydrogen) atoms. The van der Waals surface area contributed by atoms with Crippen molar-refractivity contribution < 1.29 is 27.1 Å². The van der Waals surface area contributed by atoms with Gasteiger partial charge >= 0.3 is 6.61 Å². The number of ether oxygens (including phenoxy) is 1. The molecule has 0 aliphatic carbocycles. The van der Waals surface area contributed by atoms with Gasteiger partial charge in [0.05, 0.1) is 0 Å². The number of halogens is 4. The van der Waals surface area contributed by atoms with E-state index in [1.807, 2.05) is 0 Å². The predicted molar refractivity (Wildman–Crippen MR) is 80.3 cm³/mol. The van der Waals surface area contributed by atoms with Gasteiger partial charge in [-0.2, -0.15) is 8.78 Å². The number of hydrogen-bond donors (Lipinski definition) is 1. The molecule has 0 unspecified atom stereocenters. The van der Waals surface area contributed by atoms with Gasteiger partial charge in [0, 0.05) is 18.2 Å². The summed E-state index contributed by atoms with van der Waals surface area (Å²) in [5.41, 5.74) is 0.344. The minimum absolute atomic E-state index is 0.00926. The van der Waals surface area contributed by atoms with E-state index in [2.05, 4.69) is 10.1 Å². The lowest BCUT2D eigenvalue weighted by Crippen LogP contribution is -2.20. The van der Waals surface area contributed by atoms with Crippen LogP contribution < -0.4 is 10.1 Å². The number of benzene rings is 2. The first-order chi connectivity index (χ1) is 11.5. The molecule has 0 aliphatic heterocycles. The molecule has 3 nitrogen and oxygen atoms in total. The van der Waals surface area contributed by atoms with Crippen molar-refractivity contribution in [1.82, 2.24) is 5.32 Å². The molecule has 2 aromatic rings. The van der Waals surface area contributed by atoms with Crippen molar-refractivity contribution in [3.63, 3.8) is 0 Å². The van der Waals surface area contributed by atoms with Gasteiger partial charge in [-0.3, -0.25) is 4.79 Å². The number of hydrogen-bond acceptors (Lipinski definition) is 2. The van der Waals surface area contributed by atoms with Crippen molar-refractivity contribution in [2.75, 3.05) is 0 Å². The first-order valence-corrected chi connectivity index (χ1v) is 6.89. The minimum Gasteiger partial charge on any atom is -0.435 e. The van der Waals surface area contributed by atoms with Gasteiger partial charge in [-0.25, -0.2) is 8.78 Å². The molecule has 0 spiro atoms. The van der Waals surface area contributed by atoms with Crippen molar-refractivity contribution >= 4 is 12.0 Å². The first kappa shape index (κ1) is 17.5. The van der Waals surface area contributed by atoms with Crippen molar-refractivity contribution in [3.05, 3.63) is 71.3 Å².